The van der Waals surface area contributed by atoms with E-state index in [2.05, 4.69) is 15.3 Å². The Labute approximate surface area is 83.3 Å². The van der Waals surface area contributed by atoms with E-state index in [0.29, 0.717) is 11.2 Å². The van der Waals surface area contributed by atoms with Crippen LogP contribution in [-0.2, 0) is 0 Å². The third-order valence-corrected chi connectivity index (χ3v) is 1.91. The van der Waals surface area contributed by atoms with Crippen LogP contribution in [0.3, 0.4) is 0 Å². The Kier molecular flexibility index (Phi) is 2.26. The van der Waals surface area contributed by atoms with Crippen molar-refractivity contribution >= 4 is 16.7 Å². The molecule has 0 saturated heterocycles. The first kappa shape index (κ1) is 9.82. The maximum Gasteiger partial charge on any atom is 0.405 e. The summed E-state index contributed by atoms with van der Waals surface area (Å²) in [5.41, 5.74) is 1.86. The maximum absolute atomic E-state index is 11.9. The Hall–Kier alpha value is -1.72. The Morgan fingerprint density at radius 3 is 2.87 bits per heavy atom. The molecular formula is C9H8F3N3. The number of imidazole rings is 1. The van der Waals surface area contributed by atoms with Gasteiger partial charge >= 0.3 is 6.18 Å². The van der Waals surface area contributed by atoms with E-state index < -0.39 is 12.7 Å². The van der Waals surface area contributed by atoms with Crippen molar-refractivity contribution in [3.63, 3.8) is 0 Å². The van der Waals surface area contributed by atoms with E-state index in [1.165, 1.54) is 6.33 Å². The highest BCUT2D eigenvalue weighted by atomic mass is 19.4. The number of H-pyrrole nitrogens is 1. The van der Waals surface area contributed by atoms with Gasteiger partial charge in [0, 0.05) is 5.69 Å². The lowest BCUT2D eigenvalue weighted by molar-refractivity contribution is -0.115. The summed E-state index contributed by atoms with van der Waals surface area (Å²) in [6, 6.07) is 4.81. The Morgan fingerprint density at radius 1 is 1.33 bits per heavy atom. The molecule has 0 aliphatic rings. The summed E-state index contributed by atoms with van der Waals surface area (Å²) in [6.07, 6.45) is -2.71. The third kappa shape index (κ3) is 2.39. The van der Waals surface area contributed by atoms with E-state index in [-0.39, 0.29) is 0 Å². The van der Waals surface area contributed by atoms with Crippen molar-refractivity contribution in [2.24, 2.45) is 0 Å². The molecule has 6 heteroatoms. The molecule has 0 aliphatic heterocycles. The molecule has 0 radical (unpaired) electrons. The number of aromatic nitrogens is 2. The lowest BCUT2D eigenvalue weighted by Gasteiger charge is -2.08. The van der Waals surface area contributed by atoms with Gasteiger partial charge in [0.2, 0.25) is 0 Å². The van der Waals surface area contributed by atoms with Crippen LogP contribution in [0.2, 0.25) is 0 Å². The highest BCUT2D eigenvalue weighted by molar-refractivity contribution is 5.78. The van der Waals surface area contributed by atoms with Crippen LogP contribution in [0.25, 0.3) is 11.0 Å². The van der Waals surface area contributed by atoms with Gasteiger partial charge in [-0.15, -0.1) is 0 Å². The molecule has 1 aromatic carbocycles. The van der Waals surface area contributed by atoms with Crippen molar-refractivity contribution in [2.45, 2.75) is 6.18 Å². The van der Waals surface area contributed by atoms with Gasteiger partial charge in [-0.2, -0.15) is 13.2 Å². The minimum absolute atomic E-state index is 0.420. The topological polar surface area (TPSA) is 40.7 Å². The van der Waals surface area contributed by atoms with Crippen molar-refractivity contribution < 1.29 is 13.2 Å². The predicted octanol–water partition coefficient (Wildman–Crippen LogP) is 2.54. The number of anilines is 1. The molecule has 0 atom stereocenters. The van der Waals surface area contributed by atoms with Crippen molar-refractivity contribution in [1.29, 1.82) is 0 Å². The van der Waals surface area contributed by atoms with Crippen LogP contribution in [-0.4, -0.2) is 22.7 Å². The van der Waals surface area contributed by atoms with Crippen LogP contribution in [0, 0.1) is 0 Å². The first-order valence-electron chi connectivity index (χ1n) is 4.28. The molecule has 2 aromatic rings. The second-order valence-electron chi connectivity index (χ2n) is 3.10. The molecule has 80 valence electrons. The molecule has 0 amide bonds. The van der Waals surface area contributed by atoms with Gasteiger partial charge in [0.25, 0.3) is 0 Å². The molecule has 2 rings (SSSR count). The van der Waals surface area contributed by atoms with E-state index >= 15 is 0 Å². The molecule has 2 N–H and O–H groups in total. The van der Waals surface area contributed by atoms with E-state index in [9.17, 15) is 13.2 Å². The predicted molar refractivity (Wildman–Crippen MR) is 50.6 cm³/mol. The SMILES string of the molecule is FC(F)(F)CNc1ccc2nc[nH]c2c1. The minimum Gasteiger partial charge on any atom is -0.376 e. The van der Waals surface area contributed by atoms with Crippen LogP contribution in [0.5, 0.6) is 0 Å². The standard InChI is InChI=1S/C9H8F3N3/c10-9(11,12)4-13-6-1-2-7-8(3-6)15-5-14-7/h1-3,5,13H,4H2,(H,14,15). The van der Waals surface area contributed by atoms with Gasteiger partial charge in [-0.05, 0) is 18.2 Å². The summed E-state index contributed by atoms with van der Waals surface area (Å²) in [5.74, 6) is 0. The number of fused-ring (bicyclic) bond motifs is 1. The smallest absolute Gasteiger partial charge is 0.376 e. The lowest BCUT2D eigenvalue weighted by Crippen LogP contribution is -2.21. The van der Waals surface area contributed by atoms with Gasteiger partial charge in [-0.25, -0.2) is 4.98 Å². The van der Waals surface area contributed by atoms with Crippen LogP contribution in [0.4, 0.5) is 18.9 Å². The molecule has 0 saturated carbocycles. The number of nitrogens with one attached hydrogen (secondary N) is 2. The lowest BCUT2D eigenvalue weighted by atomic mass is 10.3. The van der Waals surface area contributed by atoms with Gasteiger partial charge in [0.1, 0.15) is 6.54 Å². The van der Waals surface area contributed by atoms with Gasteiger partial charge in [0.15, 0.2) is 0 Å². The number of hydrogen-bond acceptors (Lipinski definition) is 2. The fourth-order valence-electron chi connectivity index (χ4n) is 1.25. The van der Waals surface area contributed by atoms with Gasteiger partial charge in [0.05, 0.1) is 17.4 Å². The Morgan fingerprint density at radius 2 is 2.13 bits per heavy atom. The van der Waals surface area contributed by atoms with Crippen LogP contribution < -0.4 is 5.32 Å². The first-order valence-corrected chi connectivity index (χ1v) is 4.28. The van der Waals surface area contributed by atoms with Crippen molar-refractivity contribution in [1.82, 2.24) is 9.97 Å². The second-order valence-corrected chi connectivity index (χ2v) is 3.10. The minimum atomic E-state index is -4.21. The average molecular weight is 215 g/mol. The number of halogens is 3. The number of hydrogen-bond donors (Lipinski definition) is 2. The van der Waals surface area contributed by atoms with E-state index in [4.69, 9.17) is 0 Å². The molecule has 0 bridgehead atoms. The largest absolute Gasteiger partial charge is 0.405 e. The highest BCUT2D eigenvalue weighted by Crippen LogP contribution is 2.19. The molecular weight excluding hydrogens is 207 g/mol. The van der Waals surface area contributed by atoms with Gasteiger partial charge < -0.3 is 10.3 Å². The zero-order chi connectivity index (χ0) is 10.9. The summed E-state index contributed by atoms with van der Waals surface area (Å²) < 4.78 is 35.7. The Bertz CT molecular complexity index is 461. The molecule has 3 nitrogen and oxygen atoms in total. The van der Waals surface area contributed by atoms with Crippen LogP contribution in [0.15, 0.2) is 24.5 Å². The molecule has 1 aromatic heterocycles. The monoisotopic (exact) mass is 215 g/mol. The molecule has 0 unspecified atom stereocenters. The third-order valence-electron chi connectivity index (χ3n) is 1.91. The normalized spacial score (nSPS) is 11.9. The summed E-state index contributed by atoms with van der Waals surface area (Å²) in [4.78, 5) is 6.79. The first-order chi connectivity index (χ1) is 7.04. The summed E-state index contributed by atoms with van der Waals surface area (Å²) in [7, 11) is 0. The number of benzene rings is 1. The zero-order valence-corrected chi connectivity index (χ0v) is 7.60. The number of rotatable bonds is 2. The fraction of sp³-hybridized carbons (Fsp3) is 0.222. The number of nitrogens with zero attached hydrogens (tertiary/aromatic N) is 1. The van der Waals surface area contributed by atoms with Crippen LogP contribution >= 0.6 is 0 Å². The maximum atomic E-state index is 11.9. The second kappa shape index (κ2) is 3.45. The number of aromatic amines is 1. The quantitative estimate of drug-likeness (QED) is 0.808. The molecule has 0 spiro atoms. The zero-order valence-electron chi connectivity index (χ0n) is 7.60. The molecule has 1 heterocycles. The summed E-state index contributed by atoms with van der Waals surface area (Å²) in [5, 5.41) is 2.29. The molecule has 15 heavy (non-hydrogen) atoms. The van der Waals surface area contributed by atoms with E-state index in [0.717, 1.165) is 5.52 Å². The van der Waals surface area contributed by atoms with Crippen molar-refractivity contribution in [3.8, 4) is 0 Å². The van der Waals surface area contributed by atoms with E-state index in [1.54, 1.807) is 18.2 Å². The summed E-state index contributed by atoms with van der Waals surface area (Å²) in [6.45, 7) is -1.04. The van der Waals surface area contributed by atoms with Gasteiger partial charge in [-0.3, -0.25) is 0 Å². The van der Waals surface area contributed by atoms with Crippen molar-refractivity contribution in [3.05, 3.63) is 24.5 Å². The van der Waals surface area contributed by atoms with Crippen LogP contribution in [0.1, 0.15) is 0 Å². The molecule has 0 fully saturated rings. The highest BCUT2D eigenvalue weighted by Gasteiger charge is 2.26. The number of alkyl halides is 3. The van der Waals surface area contributed by atoms with E-state index in [1.807, 2.05) is 0 Å². The summed E-state index contributed by atoms with van der Waals surface area (Å²) >= 11 is 0. The Balaban J connectivity index is 2.15. The average Bonchev–Trinajstić information content (AvgIpc) is 2.60. The van der Waals surface area contributed by atoms with Crippen molar-refractivity contribution in [2.75, 3.05) is 11.9 Å². The van der Waals surface area contributed by atoms with Gasteiger partial charge in [-0.1, -0.05) is 0 Å². The molecule has 0 aliphatic carbocycles. The fourth-order valence-corrected chi connectivity index (χ4v) is 1.25.